The maximum atomic E-state index is 12.3. The van der Waals surface area contributed by atoms with Crippen LogP contribution in [-0.4, -0.2) is 48.3 Å². The summed E-state index contributed by atoms with van der Waals surface area (Å²) in [6.07, 6.45) is 1.39. The van der Waals surface area contributed by atoms with Crippen molar-refractivity contribution in [2.24, 2.45) is 0 Å². The fourth-order valence-corrected chi connectivity index (χ4v) is 3.44. The van der Waals surface area contributed by atoms with Crippen molar-refractivity contribution in [3.8, 4) is 0 Å². The molecule has 0 bridgehead atoms. The van der Waals surface area contributed by atoms with Crippen LogP contribution in [0.3, 0.4) is 0 Å². The third-order valence-corrected chi connectivity index (χ3v) is 5.44. The molecular formula is C23H24ClN3O5. The van der Waals surface area contributed by atoms with Crippen molar-refractivity contribution in [3.63, 3.8) is 0 Å². The number of amides is 3. The van der Waals surface area contributed by atoms with Gasteiger partial charge in [0.15, 0.2) is 6.61 Å². The highest BCUT2D eigenvalue weighted by Gasteiger charge is 2.20. The number of nitrogens with one attached hydrogen (secondary N) is 2. The average molecular weight is 458 g/mol. The minimum absolute atomic E-state index is 0.101. The molecule has 0 saturated carbocycles. The van der Waals surface area contributed by atoms with Crippen LogP contribution in [0.25, 0.3) is 0 Å². The van der Waals surface area contributed by atoms with E-state index in [9.17, 15) is 19.2 Å². The molecule has 1 aliphatic heterocycles. The van der Waals surface area contributed by atoms with Crippen LogP contribution in [-0.2, 0) is 25.7 Å². The van der Waals surface area contributed by atoms with E-state index in [0.29, 0.717) is 30.2 Å². The minimum atomic E-state index is -0.659. The lowest BCUT2D eigenvalue weighted by atomic mass is 10.1. The molecule has 0 atom stereocenters. The zero-order valence-electron chi connectivity index (χ0n) is 17.7. The predicted octanol–water partition coefficient (Wildman–Crippen LogP) is 2.68. The van der Waals surface area contributed by atoms with E-state index in [4.69, 9.17) is 16.3 Å². The Bertz CT molecular complexity index is 1040. The Hall–Kier alpha value is -3.39. The zero-order chi connectivity index (χ0) is 23.1. The number of ether oxygens (including phenoxy) is 1. The van der Waals surface area contributed by atoms with Crippen LogP contribution in [0.2, 0.25) is 5.02 Å². The first kappa shape index (κ1) is 23.3. The molecule has 2 aromatic carbocycles. The number of hydrogen-bond acceptors (Lipinski definition) is 5. The fourth-order valence-electron chi connectivity index (χ4n) is 3.27. The van der Waals surface area contributed by atoms with Crippen LogP contribution < -0.4 is 10.6 Å². The summed E-state index contributed by atoms with van der Waals surface area (Å²) in [7, 11) is 0. The van der Waals surface area contributed by atoms with Crippen molar-refractivity contribution in [1.29, 1.82) is 0 Å². The Kier molecular flexibility index (Phi) is 7.83. The summed E-state index contributed by atoms with van der Waals surface area (Å²) in [6.45, 7) is 2.12. The van der Waals surface area contributed by atoms with E-state index in [0.717, 1.165) is 17.5 Å². The Morgan fingerprint density at radius 3 is 2.66 bits per heavy atom. The summed E-state index contributed by atoms with van der Waals surface area (Å²) >= 11 is 6.02. The molecular weight excluding hydrogens is 434 g/mol. The van der Waals surface area contributed by atoms with Gasteiger partial charge in [0.2, 0.25) is 11.8 Å². The van der Waals surface area contributed by atoms with Gasteiger partial charge >= 0.3 is 5.97 Å². The molecule has 0 unspecified atom stereocenters. The number of benzene rings is 2. The van der Waals surface area contributed by atoms with E-state index in [1.165, 1.54) is 0 Å². The number of nitrogens with zero attached hydrogens (tertiary/aromatic N) is 1. The SMILES string of the molecule is Cc1c(Cl)cccc1NC(=O)CNC(=O)COC(=O)c1cccc(CN2CCCC2=O)c1. The molecule has 2 aromatic rings. The molecule has 1 aliphatic rings. The Morgan fingerprint density at radius 2 is 1.91 bits per heavy atom. The van der Waals surface area contributed by atoms with Gasteiger partial charge in [-0.2, -0.15) is 0 Å². The van der Waals surface area contributed by atoms with Crippen LogP contribution in [0.5, 0.6) is 0 Å². The molecule has 1 fully saturated rings. The molecule has 9 heteroatoms. The summed E-state index contributed by atoms with van der Waals surface area (Å²) in [5, 5.41) is 5.59. The summed E-state index contributed by atoms with van der Waals surface area (Å²) in [5.41, 5.74) is 2.38. The number of anilines is 1. The van der Waals surface area contributed by atoms with E-state index in [1.54, 1.807) is 48.2 Å². The van der Waals surface area contributed by atoms with E-state index in [2.05, 4.69) is 10.6 Å². The van der Waals surface area contributed by atoms with Crippen molar-refractivity contribution < 1.29 is 23.9 Å². The number of rotatable bonds is 8. The van der Waals surface area contributed by atoms with Gasteiger partial charge in [0.25, 0.3) is 5.91 Å². The van der Waals surface area contributed by atoms with Gasteiger partial charge in [0.1, 0.15) is 0 Å². The van der Waals surface area contributed by atoms with Crippen molar-refractivity contribution >= 4 is 41.0 Å². The molecule has 1 saturated heterocycles. The molecule has 168 valence electrons. The highest BCUT2D eigenvalue weighted by Crippen LogP contribution is 2.22. The standard InChI is InChI=1S/C23H24ClN3O5/c1-15-18(24)7-3-8-19(15)26-20(28)12-25-21(29)14-32-23(31)17-6-2-5-16(11-17)13-27-10-4-9-22(27)30/h2-3,5-8,11H,4,9-10,12-14H2,1H3,(H,25,29)(H,26,28). The van der Waals surface area contributed by atoms with Gasteiger partial charge in [0, 0.05) is 30.2 Å². The molecule has 8 nitrogen and oxygen atoms in total. The van der Waals surface area contributed by atoms with Crippen LogP contribution >= 0.6 is 11.6 Å². The van der Waals surface area contributed by atoms with Gasteiger partial charge in [-0.15, -0.1) is 0 Å². The third kappa shape index (κ3) is 6.31. The van der Waals surface area contributed by atoms with Gasteiger partial charge in [0.05, 0.1) is 12.1 Å². The topological polar surface area (TPSA) is 105 Å². The quantitative estimate of drug-likeness (QED) is 0.593. The molecule has 3 rings (SSSR count). The van der Waals surface area contributed by atoms with Crippen LogP contribution in [0.15, 0.2) is 42.5 Å². The molecule has 2 N–H and O–H groups in total. The van der Waals surface area contributed by atoms with Crippen LogP contribution in [0, 0.1) is 6.92 Å². The molecule has 3 amide bonds. The minimum Gasteiger partial charge on any atom is -0.452 e. The molecule has 0 aromatic heterocycles. The molecule has 32 heavy (non-hydrogen) atoms. The second-order valence-corrected chi connectivity index (χ2v) is 7.84. The second-order valence-electron chi connectivity index (χ2n) is 7.43. The normalized spacial score (nSPS) is 13.1. The summed E-state index contributed by atoms with van der Waals surface area (Å²) in [4.78, 5) is 49.8. The number of carbonyl (C=O) groups is 4. The zero-order valence-corrected chi connectivity index (χ0v) is 18.4. The van der Waals surface area contributed by atoms with E-state index < -0.39 is 24.4 Å². The molecule has 0 spiro atoms. The Labute approximate surface area is 190 Å². The number of halogens is 1. The number of carbonyl (C=O) groups excluding carboxylic acids is 4. The first-order valence-electron chi connectivity index (χ1n) is 10.2. The fraction of sp³-hybridized carbons (Fsp3) is 0.304. The van der Waals surface area contributed by atoms with Gasteiger partial charge in [-0.3, -0.25) is 14.4 Å². The summed E-state index contributed by atoms with van der Waals surface area (Å²) in [5.74, 6) is -1.59. The van der Waals surface area contributed by atoms with Crippen molar-refractivity contribution in [2.45, 2.75) is 26.3 Å². The lowest BCUT2D eigenvalue weighted by molar-refractivity contribution is -0.128. The van der Waals surface area contributed by atoms with E-state index in [-0.39, 0.29) is 18.0 Å². The van der Waals surface area contributed by atoms with E-state index >= 15 is 0 Å². The highest BCUT2D eigenvalue weighted by atomic mass is 35.5. The maximum Gasteiger partial charge on any atom is 0.338 e. The summed E-state index contributed by atoms with van der Waals surface area (Å²) < 4.78 is 5.04. The first-order chi connectivity index (χ1) is 15.3. The Balaban J connectivity index is 1.44. The van der Waals surface area contributed by atoms with Crippen LogP contribution in [0.4, 0.5) is 5.69 Å². The summed E-state index contributed by atoms with van der Waals surface area (Å²) in [6, 6.07) is 11.9. The Morgan fingerprint density at radius 1 is 1.12 bits per heavy atom. The maximum absolute atomic E-state index is 12.3. The van der Waals surface area contributed by atoms with Gasteiger partial charge in [-0.25, -0.2) is 4.79 Å². The number of likely N-dealkylation sites (tertiary alicyclic amines) is 1. The highest BCUT2D eigenvalue weighted by molar-refractivity contribution is 6.31. The molecule has 0 radical (unpaired) electrons. The van der Waals surface area contributed by atoms with Crippen molar-refractivity contribution in [1.82, 2.24) is 10.2 Å². The lowest BCUT2D eigenvalue weighted by Crippen LogP contribution is -2.35. The smallest absolute Gasteiger partial charge is 0.338 e. The van der Waals surface area contributed by atoms with Crippen molar-refractivity contribution in [2.75, 3.05) is 25.0 Å². The molecule has 1 heterocycles. The predicted molar refractivity (Wildman–Crippen MR) is 119 cm³/mol. The molecule has 0 aliphatic carbocycles. The first-order valence-corrected chi connectivity index (χ1v) is 10.6. The van der Waals surface area contributed by atoms with Gasteiger partial charge in [-0.1, -0.05) is 29.8 Å². The van der Waals surface area contributed by atoms with Crippen LogP contribution in [0.1, 0.15) is 34.3 Å². The second kappa shape index (κ2) is 10.8. The lowest BCUT2D eigenvalue weighted by Gasteiger charge is -2.15. The van der Waals surface area contributed by atoms with Gasteiger partial charge in [-0.05, 0) is 48.7 Å². The number of hydrogen-bond donors (Lipinski definition) is 2. The van der Waals surface area contributed by atoms with E-state index in [1.807, 2.05) is 6.07 Å². The third-order valence-electron chi connectivity index (χ3n) is 5.03. The number of esters is 1. The largest absolute Gasteiger partial charge is 0.452 e. The monoisotopic (exact) mass is 457 g/mol. The average Bonchev–Trinajstić information content (AvgIpc) is 3.18. The van der Waals surface area contributed by atoms with Gasteiger partial charge < -0.3 is 20.3 Å². The van der Waals surface area contributed by atoms with Crippen molar-refractivity contribution in [3.05, 3.63) is 64.2 Å².